The largest absolute Gasteiger partial charge is 0.397 e. The van der Waals surface area contributed by atoms with Crippen LogP contribution < -0.4 is 10.6 Å². The van der Waals surface area contributed by atoms with Crippen molar-refractivity contribution in [2.75, 3.05) is 22.9 Å². The molecule has 0 amide bonds. The van der Waals surface area contributed by atoms with Gasteiger partial charge in [-0.15, -0.1) is 0 Å². The van der Waals surface area contributed by atoms with E-state index in [0.29, 0.717) is 21.5 Å². The average molecular weight is 319 g/mol. The van der Waals surface area contributed by atoms with Crippen LogP contribution in [0.4, 0.5) is 15.8 Å². The predicted octanol–water partition coefficient (Wildman–Crippen LogP) is 3.50. The number of anilines is 2. The fourth-order valence-electron chi connectivity index (χ4n) is 2.07. The Balaban J connectivity index is 2.36. The van der Waals surface area contributed by atoms with E-state index in [4.69, 9.17) is 5.73 Å². The lowest BCUT2D eigenvalue weighted by molar-refractivity contribution is 0.607. The minimum atomic E-state index is -0.257. The first-order valence-electron chi connectivity index (χ1n) is 5.63. The molecule has 2 nitrogen and oxygen atoms in total. The molecule has 17 heavy (non-hydrogen) atoms. The van der Waals surface area contributed by atoms with Gasteiger partial charge in [0.15, 0.2) is 0 Å². The molecule has 1 aromatic carbocycles. The van der Waals surface area contributed by atoms with Crippen LogP contribution in [0.5, 0.6) is 0 Å². The lowest BCUT2D eigenvalue weighted by Crippen LogP contribution is -2.45. The van der Waals surface area contributed by atoms with E-state index in [1.54, 1.807) is 6.07 Å². The van der Waals surface area contributed by atoms with E-state index >= 15 is 0 Å². The highest BCUT2D eigenvalue weighted by Gasteiger charge is 2.27. The molecule has 1 aliphatic heterocycles. The van der Waals surface area contributed by atoms with Gasteiger partial charge in [0, 0.05) is 29.7 Å². The number of nitrogen functional groups attached to an aromatic ring is 1. The van der Waals surface area contributed by atoms with Crippen molar-refractivity contribution in [1.82, 2.24) is 0 Å². The van der Waals surface area contributed by atoms with Crippen molar-refractivity contribution in [3.05, 3.63) is 22.4 Å². The quantitative estimate of drug-likeness (QED) is 0.803. The molecule has 1 fully saturated rings. The molecule has 1 aromatic rings. The number of benzene rings is 1. The van der Waals surface area contributed by atoms with Gasteiger partial charge in [-0.3, -0.25) is 0 Å². The van der Waals surface area contributed by atoms with Crippen molar-refractivity contribution in [1.29, 1.82) is 0 Å². The summed E-state index contributed by atoms with van der Waals surface area (Å²) in [6, 6.07) is 3.54. The molecule has 0 radical (unpaired) electrons. The first-order chi connectivity index (χ1) is 8.00. The van der Waals surface area contributed by atoms with Gasteiger partial charge in [-0.25, -0.2) is 4.39 Å². The number of hydrogen-bond donors (Lipinski definition) is 1. The van der Waals surface area contributed by atoms with Crippen molar-refractivity contribution in [3.63, 3.8) is 0 Å². The van der Waals surface area contributed by atoms with E-state index in [-0.39, 0.29) is 5.82 Å². The summed E-state index contributed by atoms with van der Waals surface area (Å²) in [7, 11) is 0. The highest BCUT2D eigenvalue weighted by atomic mass is 79.9. The lowest BCUT2D eigenvalue weighted by atomic mass is 10.1. The SMILES string of the molecule is CC1SCCN(c2cc(F)c(Br)cc2N)C1C. The third-order valence-electron chi connectivity index (χ3n) is 3.26. The molecule has 0 aromatic heterocycles. The Hall–Kier alpha value is -0.420. The number of thioether (sulfide) groups is 1. The van der Waals surface area contributed by atoms with Gasteiger partial charge in [0.1, 0.15) is 5.82 Å². The highest BCUT2D eigenvalue weighted by Crippen LogP contribution is 2.35. The fourth-order valence-corrected chi connectivity index (χ4v) is 3.53. The molecule has 2 N–H and O–H groups in total. The van der Waals surface area contributed by atoms with E-state index in [1.165, 1.54) is 6.07 Å². The van der Waals surface area contributed by atoms with Gasteiger partial charge >= 0.3 is 0 Å². The molecular formula is C12H16BrFN2S. The van der Waals surface area contributed by atoms with Crippen molar-refractivity contribution < 1.29 is 4.39 Å². The monoisotopic (exact) mass is 318 g/mol. The average Bonchev–Trinajstić information content (AvgIpc) is 2.28. The zero-order valence-electron chi connectivity index (χ0n) is 9.91. The molecule has 1 saturated heterocycles. The number of rotatable bonds is 1. The molecule has 0 spiro atoms. The second kappa shape index (κ2) is 5.06. The number of hydrogen-bond acceptors (Lipinski definition) is 3. The Morgan fingerprint density at radius 1 is 1.47 bits per heavy atom. The summed E-state index contributed by atoms with van der Waals surface area (Å²) in [6.07, 6.45) is 0. The van der Waals surface area contributed by atoms with Gasteiger partial charge in [0.25, 0.3) is 0 Å². The van der Waals surface area contributed by atoms with Crippen molar-refractivity contribution in [2.45, 2.75) is 25.1 Å². The molecule has 0 aliphatic carbocycles. The summed E-state index contributed by atoms with van der Waals surface area (Å²) >= 11 is 5.11. The van der Waals surface area contributed by atoms with Crippen molar-refractivity contribution in [3.8, 4) is 0 Å². The van der Waals surface area contributed by atoms with E-state index in [2.05, 4.69) is 34.7 Å². The molecule has 2 unspecified atom stereocenters. The van der Waals surface area contributed by atoms with Crippen LogP contribution in [0.1, 0.15) is 13.8 Å². The van der Waals surface area contributed by atoms with Crippen LogP contribution in [0.25, 0.3) is 0 Å². The summed E-state index contributed by atoms with van der Waals surface area (Å²) < 4.78 is 14.0. The lowest BCUT2D eigenvalue weighted by Gasteiger charge is -2.39. The van der Waals surface area contributed by atoms with Crippen LogP contribution in [0.2, 0.25) is 0 Å². The number of halogens is 2. The number of nitrogens with two attached hydrogens (primary N) is 1. The Kier molecular flexibility index (Phi) is 3.88. The Morgan fingerprint density at radius 3 is 2.88 bits per heavy atom. The second-order valence-electron chi connectivity index (χ2n) is 4.34. The number of nitrogens with zero attached hydrogens (tertiary/aromatic N) is 1. The summed E-state index contributed by atoms with van der Waals surface area (Å²) in [4.78, 5) is 2.20. The minimum absolute atomic E-state index is 0.257. The van der Waals surface area contributed by atoms with Crippen LogP contribution in [0.3, 0.4) is 0 Å². The van der Waals surface area contributed by atoms with Gasteiger partial charge in [-0.05, 0) is 28.9 Å². The van der Waals surface area contributed by atoms with Crippen LogP contribution in [0.15, 0.2) is 16.6 Å². The standard InChI is InChI=1S/C12H16BrFN2S/c1-7-8(2)17-4-3-16(7)12-6-10(14)9(13)5-11(12)15/h5-8H,3-4,15H2,1-2H3. The Morgan fingerprint density at radius 2 is 2.18 bits per heavy atom. The Labute approximate surface area is 114 Å². The van der Waals surface area contributed by atoms with E-state index in [9.17, 15) is 4.39 Å². The maximum Gasteiger partial charge on any atom is 0.139 e. The first kappa shape index (κ1) is 13.0. The molecular weight excluding hydrogens is 303 g/mol. The summed E-state index contributed by atoms with van der Waals surface area (Å²) in [5.41, 5.74) is 7.42. The van der Waals surface area contributed by atoms with Crippen molar-refractivity contribution in [2.24, 2.45) is 0 Å². The summed E-state index contributed by atoms with van der Waals surface area (Å²) in [6.45, 7) is 5.28. The maximum absolute atomic E-state index is 13.6. The molecule has 1 aliphatic rings. The van der Waals surface area contributed by atoms with Crippen LogP contribution >= 0.6 is 27.7 Å². The molecule has 0 bridgehead atoms. The first-order valence-corrected chi connectivity index (χ1v) is 7.47. The van der Waals surface area contributed by atoms with Crippen molar-refractivity contribution >= 4 is 39.1 Å². The van der Waals surface area contributed by atoms with Crippen LogP contribution in [-0.2, 0) is 0 Å². The predicted molar refractivity (Wildman–Crippen MR) is 77.2 cm³/mol. The minimum Gasteiger partial charge on any atom is -0.397 e. The zero-order valence-corrected chi connectivity index (χ0v) is 12.3. The normalized spacial score (nSPS) is 25.1. The third kappa shape index (κ3) is 2.55. The molecule has 5 heteroatoms. The smallest absolute Gasteiger partial charge is 0.139 e. The third-order valence-corrected chi connectivity index (χ3v) is 5.21. The Bertz CT molecular complexity index is 427. The summed E-state index contributed by atoms with van der Waals surface area (Å²) in [5.74, 6) is 0.801. The van der Waals surface area contributed by atoms with Crippen LogP contribution in [-0.4, -0.2) is 23.6 Å². The molecule has 0 saturated carbocycles. The van der Waals surface area contributed by atoms with E-state index < -0.39 is 0 Å². The van der Waals surface area contributed by atoms with E-state index in [1.807, 2.05) is 11.8 Å². The maximum atomic E-state index is 13.6. The highest BCUT2D eigenvalue weighted by molar-refractivity contribution is 9.10. The zero-order chi connectivity index (χ0) is 12.6. The van der Waals surface area contributed by atoms with Gasteiger partial charge < -0.3 is 10.6 Å². The molecule has 2 rings (SSSR count). The summed E-state index contributed by atoms with van der Waals surface area (Å²) in [5, 5.41) is 0.537. The van der Waals surface area contributed by atoms with Gasteiger partial charge in [0.05, 0.1) is 15.8 Å². The van der Waals surface area contributed by atoms with Crippen LogP contribution in [0, 0.1) is 5.82 Å². The molecule has 2 atom stereocenters. The molecule has 1 heterocycles. The molecule has 94 valence electrons. The van der Waals surface area contributed by atoms with Gasteiger partial charge in [-0.1, -0.05) is 6.92 Å². The van der Waals surface area contributed by atoms with Gasteiger partial charge in [-0.2, -0.15) is 11.8 Å². The topological polar surface area (TPSA) is 29.3 Å². The fraction of sp³-hybridized carbons (Fsp3) is 0.500. The van der Waals surface area contributed by atoms with E-state index in [0.717, 1.165) is 18.0 Å². The second-order valence-corrected chi connectivity index (χ2v) is 6.67. The van der Waals surface area contributed by atoms with Gasteiger partial charge in [0.2, 0.25) is 0 Å².